The molecule has 0 radical (unpaired) electrons. The first kappa shape index (κ1) is 16.4. The Hall–Kier alpha value is -2.76. The fraction of sp³-hybridized carbons (Fsp3) is 0. The second kappa shape index (κ2) is 6.15. The molecule has 0 atom stereocenters. The molecule has 5 heteroatoms. The normalized spacial score (nSPS) is 11.4. The first-order chi connectivity index (χ1) is 13.1. The van der Waals surface area contributed by atoms with E-state index in [4.69, 9.17) is 0 Å². The molecule has 0 N–H and O–H groups in total. The maximum atomic E-state index is 11.4. The summed E-state index contributed by atoms with van der Waals surface area (Å²) in [5, 5.41) is 16.1. The molecular weight excluding hydrogens is 422 g/mol. The molecule has 0 saturated heterocycles. The van der Waals surface area contributed by atoms with Crippen LogP contribution in [0.5, 0.6) is 0 Å². The molecule has 3 nitrogen and oxygen atoms in total. The number of nitrogens with zero attached hydrogens (tertiary/aromatic N) is 1. The summed E-state index contributed by atoms with van der Waals surface area (Å²) in [6.07, 6.45) is 0. The quantitative estimate of drug-likeness (QED) is 0.213. The lowest BCUT2D eigenvalue weighted by atomic mass is 10.0. The van der Waals surface area contributed by atoms with E-state index in [1.54, 1.807) is 29.5 Å². The lowest BCUT2D eigenvalue weighted by molar-refractivity contribution is -0.384. The number of para-hydroxylation sites is 1. The van der Waals surface area contributed by atoms with Crippen LogP contribution in [0.1, 0.15) is 0 Å². The van der Waals surface area contributed by atoms with Gasteiger partial charge in [0.15, 0.2) is 0 Å². The predicted octanol–water partition coefficient (Wildman–Crippen LogP) is 7.55. The van der Waals surface area contributed by atoms with Gasteiger partial charge in [-0.2, -0.15) is 0 Å². The van der Waals surface area contributed by atoms with Crippen LogP contribution in [0.15, 0.2) is 77.3 Å². The van der Waals surface area contributed by atoms with Gasteiger partial charge in [-0.05, 0) is 35.2 Å². The second-order valence-electron chi connectivity index (χ2n) is 6.37. The Bertz CT molecular complexity index is 1370. The smallest absolute Gasteiger partial charge is 0.258 e. The molecule has 1 aromatic heterocycles. The Morgan fingerprint density at radius 1 is 0.815 bits per heavy atom. The molecule has 0 saturated carbocycles. The number of rotatable bonds is 2. The number of hydrogen-bond acceptors (Lipinski definition) is 3. The van der Waals surface area contributed by atoms with Crippen LogP contribution in [0.25, 0.3) is 42.1 Å². The van der Waals surface area contributed by atoms with Gasteiger partial charge in [0.05, 0.1) is 10.5 Å². The summed E-state index contributed by atoms with van der Waals surface area (Å²) in [5.41, 5.74) is 1.63. The van der Waals surface area contributed by atoms with E-state index in [2.05, 4.69) is 52.3 Å². The standard InChI is InChI=1S/C22H12BrNO2S/c23-19-12-18-17-11-13(14-5-3-4-8-20(14)24(25)26)9-10-21(17)27-22(18)16-7-2-1-6-15(16)19/h1-12H. The average Bonchev–Trinajstić information content (AvgIpc) is 3.06. The fourth-order valence-electron chi connectivity index (χ4n) is 3.60. The van der Waals surface area contributed by atoms with Gasteiger partial charge in [-0.1, -0.05) is 58.4 Å². The van der Waals surface area contributed by atoms with Gasteiger partial charge in [-0.25, -0.2) is 0 Å². The van der Waals surface area contributed by atoms with Crippen molar-refractivity contribution >= 4 is 63.9 Å². The molecule has 0 fully saturated rings. The molecule has 0 unspecified atom stereocenters. The van der Waals surface area contributed by atoms with Crippen molar-refractivity contribution < 1.29 is 4.92 Å². The zero-order chi connectivity index (χ0) is 18.5. The minimum absolute atomic E-state index is 0.128. The molecule has 0 amide bonds. The molecule has 0 aliphatic rings. The third-order valence-corrected chi connectivity index (χ3v) is 6.71. The van der Waals surface area contributed by atoms with Gasteiger partial charge < -0.3 is 0 Å². The van der Waals surface area contributed by atoms with E-state index < -0.39 is 0 Å². The van der Waals surface area contributed by atoms with Crippen molar-refractivity contribution in [1.29, 1.82) is 0 Å². The maximum Gasteiger partial charge on any atom is 0.277 e. The number of nitro benzene ring substituents is 1. The lowest BCUT2D eigenvalue weighted by Crippen LogP contribution is -1.91. The van der Waals surface area contributed by atoms with Crippen molar-refractivity contribution in [3.63, 3.8) is 0 Å². The maximum absolute atomic E-state index is 11.4. The average molecular weight is 434 g/mol. The van der Waals surface area contributed by atoms with Gasteiger partial charge in [-0.3, -0.25) is 10.1 Å². The van der Waals surface area contributed by atoms with Gasteiger partial charge in [0.1, 0.15) is 0 Å². The molecule has 130 valence electrons. The number of fused-ring (bicyclic) bond motifs is 5. The van der Waals surface area contributed by atoms with Gasteiger partial charge in [0.25, 0.3) is 5.69 Å². The Balaban J connectivity index is 1.84. The molecule has 0 aliphatic carbocycles. The molecule has 0 aliphatic heterocycles. The van der Waals surface area contributed by atoms with Crippen molar-refractivity contribution in [2.24, 2.45) is 0 Å². The van der Waals surface area contributed by atoms with Crippen LogP contribution in [0.3, 0.4) is 0 Å². The highest BCUT2D eigenvalue weighted by molar-refractivity contribution is 9.10. The summed E-state index contributed by atoms with van der Waals surface area (Å²) in [7, 11) is 0. The molecular formula is C22H12BrNO2S. The molecule has 0 spiro atoms. The summed E-state index contributed by atoms with van der Waals surface area (Å²) < 4.78 is 3.47. The van der Waals surface area contributed by atoms with Crippen molar-refractivity contribution in [1.82, 2.24) is 0 Å². The molecule has 1 heterocycles. The summed E-state index contributed by atoms with van der Waals surface area (Å²) in [6, 6.07) is 23.5. The third kappa shape index (κ3) is 2.54. The number of benzene rings is 4. The monoisotopic (exact) mass is 433 g/mol. The van der Waals surface area contributed by atoms with E-state index in [0.29, 0.717) is 5.56 Å². The molecule has 27 heavy (non-hydrogen) atoms. The van der Waals surface area contributed by atoms with E-state index in [1.165, 1.54) is 25.6 Å². The van der Waals surface area contributed by atoms with Gasteiger partial charge >= 0.3 is 0 Å². The number of nitro groups is 1. The predicted molar refractivity (Wildman–Crippen MR) is 117 cm³/mol. The van der Waals surface area contributed by atoms with Crippen LogP contribution in [0, 0.1) is 10.1 Å². The van der Waals surface area contributed by atoms with Gasteiger partial charge in [0.2, 0.25) is 0 Å². The van der Waals surface area contributed by atoms with E-state index in [1.807, 2.05) is 18.2 Å². The topological polar surface area (TPSA) is 43.1 Å². The van der Waals surface area contributed by atoms with E-state index in [0.717, 1.165) is 15.4 Å². The number of hydrogen-bond donors (Lipinski definition) is 0. The third-order valence-electron chi connectivity index (χ3n) is 4.84. The Morgan fingerprint density at radius 3 is 2.37 bits per heavy atom. The number of thiophene rings is 1. The van der Waals surface area contributed by atoms with E-state index >= 15 is 0 Å². The van der Waals surface area contributed by atoms with Crippen molar-refractivity contribution in [2.75, 3.05) is 0 Å². The van der Waals surface area contributed by atoms with Crippen LogP contribution in [-0.4, -0.2) is 4.92 Å². The highest BCUT2D eigenvalue weighted by Crippen LogP contribution is 2.43. The lowest BCUT2D eigenvalue weighted by Gasteiger charge is -2.04. The van der Waals surface area contributed by atoms with E-state index in [-0.39, 0.29) is 10.6 Å². The summed E-state index contributed by atoms with van der Waals surface area (Å²) in [6.45, 7) is 0. The van der Waals surface area contributed by atoms with Crippen LogP contribution >= 0.6 is 27.3 Å². The van der Waals surface area contributed by atoms with E-state index in [9.17, 15) is 10.1 Å². The molecule has 0 bridgehead atoms. The Kier molecular flexibility index (Phi) is 3.74. The largest absolute Gasteiger partial charge is 0.277 e. The minimum atomic E-state index is -0.324. The molecule has 4 aromatic carbocycles. The first-order valence-corrected chi connectivity index (χ1v) is 10.0. The zero-order valence-corrected chi connectivity index (χ0v) is 16.4. The summed E-state index contributed by atoms with van der Waals surface area (Å²) in [4.78, 5) is 11.1. The highest BCUT2D eigenvalue weighted by Gasteiger charge is 2.16. The molecule has 5 aromatic rings. The van der Waals surface area contributed by atoms with Crippen LogP contribution in [0.4, 0.5) is 5.69 Å². The summed E-state index contributed by atoms with van der Waals surface area (Å²) in [5.74, 6) is 0. The van der Waals surface area contributed by atoms with Crippen LogP contribution in [-0.2, 0) is 0 Å². The fourth-order valence-corrected chi connectivity index (χ4v) is 5.37. The van der Waals surface area contributed by atoms with Crippen LogP contribution < -0.4 is 0 Å². The molecule has 5 rings (SSSR count). The minimum Gasteiger partial charge on any atom is -0.258 e. The Labute approximate surface area is 167 Å². The van der Waals surface area contributed by atoms with Gasteiger partial charge in [0, 0.05) is 36.1 Å². The van der Waals surface area contributed by atoms with Crippen molar-refractivity contribution in [2.45, 2.75) is 0 Å². The van der Waals surface area contributed by atoms with Gasteiger partial charge in [-0.15, -0.1) is 11.3 Å². The SMILES string of the molecule is O=[N+]([O-])c1ccccc1-c1ccc2sc3c4ccccc4c(Br)cc3c2c1. The zero-order valence-electron chi connectivity index (χ0n) is 14.0. The van der Waals surface area contributed by atoms with Crippen LogP contribution in [0.2, 0.25) is 0 Å². The summed E-state index contributed by atoms with van der Waals surface area (Å²) >= 11 is 5.46. The highest BCUT2D eigenvalue weighted by atomic mass is 79.9. The number of halogens is 1. The van der Waals surface area contributed by atoms with Crippen molar-refractivity contribution in [3.05, 3.63) is 87.4 Å². The Morgan fingerprint density at radius 2 is 1.56 bits per heavy atom. The second-order valence-corrected chi connectivity index (χ2v) is 8.27. The first-order valence-electron chi connectivity index (χ1n) is 8.41. The van der Waals surface area contributed by atoms with Crippen molar-refractivity contribution in [3.8, 4) is 11.1 Å².